The SMILES string of the molecule is CCNc1ncc(Cl)c(NCC2CCSCC2)n1. The Balaban J connectivity index is 1.92. The summed E-state index contributed by atoms with van der Waals surface area (Å²) in [5.41, 5.74) is 0. The minimum Gasteiger partial charge on any atom is -0.368 e. The first-order valence-corrected chi connectivity index (χ1v) is 7.91. The van der Waals surface area contributed by atoms with Crippen LogP contribution >= 0.6 is 23.4 Å². The van der Waals surface area contributed by atoms with Crippen molar-refractivity contribution in [2.75, 3.05) is 35.2 Å². The predicted octanol–water partition coefficient (Wildman–Crippen LogP) is 3.12. The van der Waals surface area contributed by atoms with Crippen molar-refractivity contribution in [3.63, 3.8) is 0 Å². The lowest BCUT2D eigenvalue weighted by Crippen LogP contribution is -2.20. The number of anilines is 2. The Morgan fingerprint density at radius 1 is 1.39 bits per heavy atom. The first kappa shape index (κ1) is 13.7. The van der Waals surface area contributed by atoms with Crippen molar-refractivity contribution in [2.24, 2.45) is 5.92 Å². The standard InChI is InChI=1S/C12H19ClN4S/c1-2-14-12-16-8-10(13)11(17-12)15-7-9-3-5-18-6-4-9/h8-9H,2-7H2,1H3,(H2,14,15,16,17). The normalized spacial score (nSPS) is 16.6. The number of hydrogen-bond donors (Lipinski definition) is 2. The number of nitrogens with zero attached hydrogens (tertiary/aromatic N) is 2. The molecular formula is C12H19ClN4S. The molecule has 1 aromatic rings. The van der Waals surface area contributed by atoms with Gasteiger partial charge in [0, 0.05) is 13.1 Å². The zero-order valence-corrected chi connectivity index (χ0v) is 12.2. The summed E-state index contributed by atoms with van der Waals surface area (Å²) < 4.78 is 0. The van der Waals surface area contributed by atoms with Gasteiger partial charge in [-0.3, -0.25) is 0 Å². The summed E-state index contributed by atoms with van der Waals surface area (Å²) in [5.74, 6) is 4.64. The van der Waals surface area contributed by atoms with E-state index in [4.69, 9.17) is 11.6 Å². The quantitative estimate of drug-likeness (QED) is 0.871. The smallest absolute Gasteiger partial charge is 0.224 e. The van der Waals surface area contributed by atoms with Crippen LogP contribution in [0.15, 0.2) is 6.20 Å². The van der Waals surface area contributed by atoms with Gasteiger partial charge < -0.3 is 10.6 Å². The molecule has 0 saturated carbocycles. The molecule has 0 aliphatic carbocycles. The molecule has 6 heteroatoms. The number of aromatic nitrogens is 2. The van der Waals surface area contributed by atoms with E-state index in [0.717, 1.165) is 24.8 Å². The summed E-state index contributed by atoms with van der Waals surface area (Å²) in [5, 5.41) is 7.02. The molecule has 4 nitrogen and oxygen atoms in total. The Bertz CT molecular complexity index is 382. The molecule has 0 unspecified atom stereocenters. The van der Waals surface area contributed by atoms with E-state index in [1.807, 2.05) is 18.7 Å². The van der Waals surface area contributed by atoms with Gasteiger partial charge in [0.15, 0.2) is 0 Å². The topological polar surface area (TPSA) is 49.8 Å². The first-order valence-electron chi connectivity index (χ1n) is 6.37. The summed E-state index contributed by atoms with van der Waals surface area (Å²) in [6, 6.07) is 0. The fraction of sp³-hybridized carbons (Fsp3) is 0.667. The Morgan fingerprint density at radius 2 is 2.17 bits per heavy atom. The third-order valence-electron chi connectivity index (χ3n) is 2.98. The third kappa shape index (κ3) is 3.92. The van der Waals surface area contributed by atoms with Crippen molar-refractivity contribution in [1.29, 1.82) is 0 Å². The summed E-state index contributed by atoms with van der Waals surface area (Å²) in [6.45, 7) is 3.77. The van der Waals surface area contributed by atoms with Gasteiger partial charge in [-0.15, -0.1) is 0 Å². The molecule has 1 aromatic heterocycles. The fourth-order valence-corrected chi connectivity index (χ4v) is 3.29. The molecule has 0 spiro atoms. The lowest BCUT2D eigenvalue weighted by molar-refractivity contribution is 0.515. The molecule has 18 heavy (non-hydrogen) atoms. The highest BCUT2D eigenvalue weighted by atomic mass is 35.5. The minimum absolute atomic E-state index is 0.585. The molecule has 0 atom stereocenters. The van der Waals surface area contributed by atoms with Crippen LogP contribution in [0.4, 0.5) is 11.8 Å². The predicted molar refractivity (Wildman–Crippen MR) is 79.7 cm³/mol. The highest BCUT2D eigenvalue weighted by molar-refractivity contribution is 7.99. The van der Waals surface area contributed by atoms with Gasteiger partial charge in [0.25, 0.3) is 0 Å². The van der Waals surface area contributed by atoms with Crippen LogP contribution in [0.5, 0.6) is 0 Å². The second kappa shape index (κ2) is 7.04. The van der Waals surface area contributed by atoms with Crippen molar-refractivity contribution >= 4 is 35.1 Å². The molecule has 0 radical (unpaired) electrons. The molecule has 100 valence electrons. The second-order valence-electron chi connectivity index (χ2n) is 4.36. The highest BCUT2D eigenvalue weighted by Gasteiger charge is 2.14. The van der Waals surface area contributed by atoms with Crippen LogP contribution in [0.3, 0.4) is 0 Å². The Hall–Kier alpha value is -0.680. The van der Waals surface area contributed by atoms with Gasteiger partial charge in [-0.2, -0.15) is 16.7 Å². The zero-order valence-electron chi connectivity index (χ0n) is 10.6. The van der Waals surface area contributed by atoms with Crippen molar-refractivity contribution < 1.29 is 0 Å². The monoisotopic (exact) mass is 286 g/mol. The molecule has 2 rings (SSSR count). The molecule has 2 N–H and O–H groups in total. The Labute approximate surface area is 117 Å². The average Bonchev–Trinajstić information content (AvgIpc) is 2.41. The van der Waals surface area contributed by atoms with Gasteiger partial charge >= 0.3 is 0 Å². The van der Waals surface area contributed by atoms with E-state index >= 15 is 0 Å². The summed E-state index contributed by atoms with van der Waals surface area (Å²) in [6.07, 6.45) is 4.20. The molecule has 1 saturated heterocycles. The fourth-order valence-electron chi connectivity index (χ4n) is 1.93. The van der Waals surface area contributed by atoms with E-state index in [-0.39, 0.29) is 0 Å². The van der Waals surface area contributed by atoms with Crippen LogP contribution < -0.4 is 10.6 Å². The number of nitrogens with one attached hydrogen (secondary N) is 2. The maximum absolute atomic E-state index is 6.09. The Morgan fingerprint density at radius 3 is 2.89 bits per heavy atom. The van der Waals surface area contributed by atoms with Crippen molar-refractivity contribution in [1.82, 2.24) is 9.97 Å². The van der Waals surface area contributed by atoms with Crippen LogP contribution in [0.25, 0.3) is 0 Å². The molecule has 1 aliphatic heterocycles. The van der Waals surface area contributed by atoms with Crippen molar-refractivity contribution in [3.8, 4) is 0 Å². The molecule has 1 aliphatic rings. The number of halogens is 1. The van der Waals surface area contributed by atoms with E-state index in [9.17, 15) is 0 Å². The first-order chi connectivity index (χ1) is 8.79. The number of hydrogen-bond acceptors (Lipinski definition) is 5. The maximum Gasteiger partial charge on any atom is 0.224 e. The van der Waals surface area contributed by atoms with Crippen molar-refractivity contribution in [3.05, 3.63) is 11.2 Å². The van der Waals surface area contributed by atoms with Gasteiger partial charge in [0.1, 0.15) is 10.8 Å². The van der Waals surface area contributed by atoms with E-state index in [1.54, 1.807) is 6.20 Å². The third-order valence-corrected chi connectivity index (χ3v) is 4.30. The summed E-state index contributed by atoms with van der Waals surface area (Å²) >= 11 is 8.14. The molecule has 0 aromatic carbocycles. The van der Waals surface area contributed by atoms with Gasteiger partial charge in [-0.1, -0.05) is 11.6 Å². The summed E-state index contributed by atoms with van der Waals surface area (Å²) in [7, 11) is 0. The van der Waals surface area contributed by atoms with Gasteiger partial charge in [0.2, 0.25) is 5.95 Å². The molecular weight excluding hydrogens is 268 g/mol. The van der Waals surface area contributed by atoms with Gasteiger partial charge in [-0.05, 0) is 37.2 Å². The van der Waals surface area contributed by atoms with E-state index in [2.05, 4.69) is 20.6 Å². The van der Waals surface area contributed by atoms with E-state index < -0.39 is 0 Å². The summed E-state index contributed by atoms with van der Waals surface area (Å²) in [4.78, 5) is 8.50. The van der Waals surface area contributed by atoms with Crippen LogP contribution in [0, 0.1) is 5.92 Å². The largest absolute Gasteiger partial charge is 0.368 e. The highest BCUT2D eigenvalue weighted by Crippen LogP contribution is 2.24. The molecule has 0 bridgehead atoms. The van der Waals surface area contributed by atoms with Gasteiger partial charge in [-0.25, -0.2) is 4.98 Å². The van der Waals surface area contributed by atoms with Crippen LogP contribution in [-0.2, 0) is 0 Å². The molecule has 0 amide bonds. The van der Waals surface area contributed by atoms with Gasteiger partial charge in [0.05, 0.1) is 6.20 Å². The van der Waals surface area contributed by atoms with Crippen molar-refractivity contribution in [2.45, 2.75) is 19.8 Å². The van der Waals surface area contributed by atoms with Crippen LogP contribution in [0.2, 0.25) is 5.02 Å². The molecule has 2 heterocycles. The average molecular weight is 287 g/mol. The van der Waals surface area contributed by atoms with E-state index in [1.165, 1.54) is 24.3 Å². The Kier molecular flexibility index (Phi) is 5.38. The van der Waals surface area contributed by atoms with Crippen LogP contribution in [0.1, 0.15) is 19.8 Å². The lowest BCUT2D eigenvalue weighted by Gasteiger charge is -2.22. The maximum atomic E-state index is 6.09. The van der Waals surface area contributed by atoms with Crippen LogP contribution in [-0.4, -0.2) is 34.6 Å². The van der Waals surface area contributed by atoms with E-state index in [0.29, 0.717) is 11.0 Å². The molecule has 1 fully saturated rings. The number of thioether (sulfide) groups is 1. The lowest BCUT2D eigenvalue weighted by atomic mass is 10.0. The minimum atomic E-state index is 0.585. The number of rotatable bonds is 5. The zero-order chi connectivity index (χ0) is 12.8. The second-order valence-corrected chi connectivity index (χ2v) is 5.99.